The Morgan fingerprint density at radius 2 is 1.58 bits per heavy atom. The van der Waals surface area contributed by atoms with Crippen LogP contribution in [-0.4, -0.2) is 11.9 Å². The van der Waals surface area contributed by atoms with Crippen molar-refractivity contribution < 1.29 is 14.3 Å². The van der Waals surface area contributed by atoms with Gasteiger partial charge < -0.3 is 4.74 Å². The average molecular weight is 170 g/mol. The summed E-state index contributed by atoms with van der Waals surface area (Å²) in [5.74, 6) is -0.636. The quantitative estimate of drug-likeness (QED) is 0.409. The Hall–Kier alpha value is -0.860. The van der Waals surface area contributed by atoms with Crippen molar-refractivity contribution in [2.75, 3.05) is 0 Å². The number of esters is 2. The van der Waals surface area contributed by atoms with Gasteiger partial charge in [-0.25, -0.2) is 0 Å². The SMILES string of the molecule is CC(C)(C)C1CC(=O)OC(=O)C1. The summed E-state index contributed by atoms with van der Waals surface area (Å²) < 4.78 is 4.43. The molecule has 1 aliphatic heterocycles. The third-order valence-electron chi connectivity index (χ3n) is 2.28. The topological polar surface area (TPSA) is 43.4 Å². The zero-order valence-electron chi connectivity index (χ0n) is 7.72. The molecule has 0 bridgehead atoms. The van der Waals surface area contributed by atoms with Gasteiger partial charge in [-0.05, 0) is 11.3 Å². The summed E-state index contributed by atoms with van der Waals surface area (Å²) in [6.07, 6.45) is 0.741. The molecule has 1 rings (SSSR count). The van der Waals surface area contributed by atoms with Crippen LogP contribution < -0.4 is 0 Å². The molecule has 0 aromatic rings. The largest absolute Gasteiger partial charge is 0.393 e. The van der Waals surface area contributed by atoms with Crippen LogP contribution in [0.2, 0.25) is 0 Å². The third kappa shape index (κ3) is 2.06. The molecule has 1 aliphatic rings. The van der Waals surface area contributed by atoms with Crippen LogP contribution in [0.5, 0.6) is 0 Å². The van der Waals surface area contributed by atoms with Crippen molar-refractivity contribution in [1.29, 1.82) is 0 Å². The number of ether oxygens (including phenoxy) is 1. The van der Waals surface area contributed by atoms with Crippen LogP contribution in [0.3, 0.4) is 0 Å². The van der Waals surface area contributed by atoms with Crippen LogP contribution in [0.15, 0.2) is 0 Å². The van der Waals surface area contributed by atoms with Gasteiger partial charge in [0.25, 0.3) is 0 Å². The standard InChI is InChI=1S/C9H14O3/c1-9(2,3)6-4-7(10)12-8(11)5-6/h6H,4-5H2,1-3H3. The third-order valence-corrected chi connectivity index (χ3v) is 2.28. The minimum Gasteiger partial charge on any atom is -0.393 e. The molecule has 0 atom stereocenters. The lowest BCUT2D eigenvalue weighted by Gasteiger charge is -2.31. The van der Waals surface area contributed by atoms with Gasteiger partial charge in [-0.3, -0.25) is 9.59 Å². The minimum atomic E-state index is -0.383. The fourth-order valence-electron chi connectivity index (χ4n) is 1.30. The molecule has 1 fully saturated rings. The van der Waals surface area contributed by atoms with Gasteiger partial charge in [0.05, 0.1) is 0 Å². The second kappa shape index (κ2) is 2.88. The monoisotopic (exact) mass is 170 g/mol. The van der Waals surface area contributed by atoms with Crippen LogP contribution in [0.25, 0.3) is 0 Å². The van der Waals surface area contributed by atoms with Gasteiger partial charge in [0, 0.05) is 12.8 Å². The molecule has 3 heteroatoms. The second-order valence-corrected chi connectivity index (χ2v) is 4.32. The van der Waals surface area contributed by atoms with Gasteiger partial charge in [-0.1, -0.05) is 20.8 Å². The molecule has 68 valence electrons. The van der Waals surface area contributed by atoms with E-state index in [1.165, 1.54) is 0 Å². The number of cyclic esters (lactones) is 2. The Bertz CT molecular complexity index is 196. The molecule has 0 radical (unpaired) electrons. The lowest BCUT2D eigenvalue weighted by molar-refractivity contribution is -0.167. The summed E-state index contributed by atoms with van der Waals surface area (Å²) in [4.78, 5) is 21.8. The van der Waals surface area contributed by atoms with E-state index in [0.29, 0.717) is 12.8 Å². The van der Waals surface area contributed by atoms with E-state index in [2.05, 4.69) is 4.74 Å². The van der Waals surface area contributed by atoms with Crippen LogP contribution >= 0.6 is 0 Å². The fraction of sp³-hybridized carbons (Fsp3) is 0.778. The first-order chi connectivity index (χ1) is 5.39. The summed E-state index contributed by atoms with van der Waals surface area (Å²) in [6, 6.07) is 0. The highest BCUT2D eigenvalue weighted by atomic mass is 16.6. The number of hydrogen-bond donors (Lipinski definition) is 0. The van der Waals surface area contributed by atoms with Crippen LogP contribution in [0.1, 0.15) is 33.6 Å². The van der Waals surface area contributed by atoms with E-state index in [0.717, 1.165) is 0 Å². The molecule has 0 aliphatic carbocycles. The number of hydrogen-bond acceptors (Lipinski definition) is 3. The smallest absolute Gasteiger partial charge is 0.313 e. The molecule has 3 nitrogen and oxygen atoms in total. The first-order valence-corrected chi connectivity index (χ1v) is 4.13. The predicted octanol–water partition coefficient (Wildman–Crippen LogP) is 1.51. The van der Waals surface area contributed by atoms with E-state index in [-0.39, 0.29) is 23.3 Å². The molecule has 0 unspecified atom stereocenters. The summed E-state index contributed by atoms with van der Waals surface area (Å²) in [7, 11) is 0. The molecular formula is C9H14O3. The van der Waals surface area contributed by atoms with Crippen molar-refractivity contribution in [1.82, 2.24) is 0 Å². The van der Waals surface area contributed by atoms with Gasteiger partial charge in [0.1, 0.15) is 0 Å². The lowest BCUT2D eigenvalue weighted by atomic mass is 9.76. The van der Waals surface area contributed by atoms with Gasteiger partial charge in [-0.15, -0.1) is 0 Å². The molecule has 12 heavy (non-hydrogen) atoms. The summed E-state index contributed by atoms with van der Waals surface area (Å²) in [5.41, 5.74) is 0.00903. The maximum atomic E-state index is 10.9. The molecule has 0 N–H and O–H groups in total. The van der Waals surface area contributed by atoms with E-state index in [9.17, 15) is 9.59 Å². The Morgan fingerprint density at radius 3 is 1.92 bits per heavy atom. The van der Waals surface area contributed by atoms with Crippen LogP contribution in [0.4, 0.5) is 0 Å². The highest BCUT2D eigenvalue weighted by Gasteiger charge is 2.34. The molecule has 0 aromatic carbocycles. The van der Waals surface area contributed by atoms with E-state index < -0.39 is 0 Å². The maximum absolute atomic E-state index is 10.9. The summed E-state index contributed by atoms with van der Waals surface area (Å²) in [6.45, 7) is 6.09. The van der Waals surface area contributed by atoms with Crippen molar-refractivity contribution in [2.24, 2.45) is 11.3 Å². The van der Waals surface area contributed by atoms with Crippen molar-refractivity contribution in [2.45, 2.75) is 33.6 Å². The second-order valence-electron chi connectivity index (χ2n) is 4.32. The number of carbonyl (C=O) groups is 2. The average Bonchev–Trinajstić information content (AvgIpc) is 1.82. The van der Waals surface area contributed by atoms with Crippen molar-refractivity contribution >= 4 is 11.9 Å². The normalized spacial score (nSPS) is 20.9. The molecule has 0 spiro atoms. The minimum absolute atomic E-state index is 0.00903. The molecule has 0 saturated carbocycles. The Morgan fingerprint density at radius 1 is 1.17 bits per heavy atom. The van der Waals surface area contributed by atoms with E-state index in [4.69, 9.17) is 0 Å². The van der Waals surface area contributed by atoms with Gasteiger partial charge >= 0.3 is 11.9 Å². The first-order valence-electron chi connectivity index (χ1n) is 4.13. The number of rotatable bonds is 0. The van der Waals surface area contributed by atoms with Crippen molar-refractivity contribution in [3.05, 3.63) is 0 Å². The van der Waals surface area contributed by atoms with E-state index in [1.807, 2.05) is 20.8 Å². The van der Waals surface area contributed by atoms with Gasteiger partial charge in [0.2, 0.25) is 0 Å². The molecule has 1 heterocycles. The van der Waals surface area contributed by atoms with Crippen LogP contribution in [0, 0.1) is 11.3 Å². The molecule has 0 amide bonds. The lowest BCUT2D eigenvalue weighted by Crippen LogP contribution is -2.33. The van der Waals surface area contributed by atoms with Crippen molar-refractivity contribution in [3.8, 4) is 0 Å². The molecule has 1 saturated heterocycles. The molecular weight excluding hydrogens is 156 g/mol. The highest BCUT2D eigenvalue weighted by molar-refractivity contribution is 5.88. The Labute approximate surface area is 72.1 Å². The number of carbonyl (C=O) groups excluding carboxylic acids is 2. The fourth-order valence-corrected chi connectivity index (χ4v) is 1.30. The first kappa shape index (κ1) is 9.23. The highest BCUT2D eigenvalue weighted by Crippen LogP contribution is 2.34. The van der Waals surface area contributed by atoms with E-state index >= 15 is 0 Å². The Balaban J connectivity index is 2.68. The summed E-state index contributed by atoms with van der Waals surface area (Å²) in [5, 5.41) is 0. The van der Waals surface area contributed by atoms with Gasteiger partial charge in [-0.2, -0.15) is 0 Å². The van der Waals surface area contributed by atoms with Crippen molar-refractivity contribution in [3.63, 3.8) is 0 Å². The predicted molar refractivity (Wildman–Crippen MR) is 43.3 cm³/mol. The zero-order chi connectivity index (χ0) is 9.35. The Kier molecular flexibility index (Phi) is 2.22. The maximum Gasteiger partial charge on any atom is 0.313 e. The van der Waals surface area contributed by atoms with Crippen LogP contribution in [-0.2, 0) is 14.3 Å². The zero-order valence-corrected chi connectivity index (χ0v) is 7.72. The summed E-state index contributed by atoms with van der Waals surface area (Å²) >= 11 is 0. The van der Waals surface area contributed by atoms with E-state index in [1.54, 1.807) is 0 Å². The van der Waals surface area contributed by atoms with Gasteiger partial charge in [0.15, 0.2) is 0 Å². The molecule has 0 aromatic heterocycles.